The van der Waals surface area contributed by atoms with Gasteiger partial charge in [-0.2, -0.15) is 5.10 Å². The lowest BCUT2D eigenvalue weighted by atomic mass is 10.1. The number of pyridine rings is 1. The number of aliphatic imine (C=N–C) groups is 1. The maximum atomic E-state index is 5.78. The Balaban J connectivity index is 0.00000320. The molecule has 2 aromatic rings. The van der Waals surface area contributed by atoms with Crippen molar-refractivity contribution in [2.75, 3.05) is 13.2 Å². The molecule has 0 aliphatic heterocycles. The predicted molar refractivity (Wildman–Crippen MR) is 132 cm³/mol. The predicted octanol–water partition coefficient (Wildman–Crippen LogP) is 3.53. The molecule has 8 heteroatoms. The van der Waals surface area contributed by atoms with Crippen molar-refractivity contribution in [2.45, 2.75) is 59.5 Å². The summed E-state index contributed by atoms with van der Waals surface area (Å²) < 4.78 is 7.73. The highest BCUT2D eigenvalue weighted by atomic mass is 127. The van der Waals surface area contributed by atoms with E-state index >= 15 is 0 Å². The molecule has 166 valence electrons. The average molecular weight is 526 g/mol. The molecule has 1 atom stereocenters. The molecular weight excluding hydrogens is 491 g/mol. The summed E-state index contributed by atoms with van der Waals surface area (Å²) in [5.41, 5.74) is 4.70. The molecule has 0 saturated heterocycles. The van der Waals surface area contributed by atoms with E-state index in [2.05, 4.69) is 48.4 Å². The van der Waals surface area contributed by atoms with Crippen LogP contribution in [0.3, 0.4) is 0 Å². The van der Waals surface area contributed by atoms with E-state index in [1.165, 1.54) is 24.1 Å². The molecule has 1 aliphatic carbocycles. The van der Waals surface area contributed by atoms with Gasteiger partial charge in [0, 0.05) is 37.6 Å². The summed E-state index contributed by atoms with van der Waals surface area (Å²) in [7, 11) is 1.99. The molecule has 2 N–H and O–H groups in total. The summed E-state index contributed by atoms with van der Waals surface area (Å²) in [6, 6.07) is 4.22. The fourth-order valence-electron chi connectivity index (χ4n) is 3.31. The number of hydrogen-bond acceptors (Lipinski definition) is 4. The Bertz CT molecular complexity index is 846. The Kier molecular flexibility index (Phi) is 9.38. The minimum atomic E-state index is 0. The van der Waals surface area contributed by atoms with Gasteiger partial charge in [-0.3, -0.25) is 4.68 Å². The molecule has 1 saturated carbocycles. The number of halogens is 1. The third-order valence-electron chi connectivity index (χ3n) is 5.28. The van der Waals surface area contributed by atoms with Gasteiger partial charge in [0.2, 0.25) is 5.88 Å². The van der Waals surface area contributed by atoms with Crippen LogP contribution in [0.5, 0.6) is 5.88 Å². The van der Waals surface area contributed by atoms with Gasteiger partial charge in [-0.15, -0.1) is 24.0 Å². The molecule has 1 fully saturated rings. The zero-order chi connectivity index (χ0) is 20.8. The van der Waals surface area contributed by atoms with E-state index in [1.54, 1.807) is 6.20 Å². The maximum Gasteiger partial charge on any atom is 0.213 e. The quantitative estimate of drug-likeness (QED) is 0.297. The van der Waals surface area contributed by atoms with Gasteiger partial charge < -0.3 is 15.4 Å². The molecule has 2 heterocycles. The van der Waals surface area contributed by atoms with Crippen molar-refractivity contribution in [1.29, 1.82) is 0 Å². The van der Waals surface area contributed by atoms with Crippen LogP contribution in [0.2, 0.25) is 0 Å². The zero-order valence-electron chi connectivity index (χ0n) is 18.7. The van der Waals surface area contributed by atoms with E-state index in [9.17, 15) is 0 Å². The van der Waals surface area contributed by atoms with Crippen LogP contribution in [0.15, 0.2) is 23.3 Å². The van der Waals surface area contributed by atoms with Crippen molar-refractivity contribution in [3.8, 4) is 5.88 Å². The van der Waals surface area contributed by atoms with Gasteiger partial charge in [0.25, 0.3) is 0 Å². The number of rotatable bonds is 9. The summed E-state index contributed by atoms with van der Waals surface area (Å²) in [5.74, 6) is 2.23. The molecular formula is C22H35IN6O. The van der Waals surface area contributed by atoms with Crippen LogP contribution in [0, 0.1) is 19.8 Å². The van der Waals surface area contributed by atoms with Gasteiger partial charge in [-0.1, -0.05) is 0 Å². The molecule has 7 nitrogen and oxygen atoms in total. The Morgan fingerprint density at radius 3 is 2.77 bits per heavy atom. The Labute approximate surface area is 197 Å². The summed E-state index contributed by atoms with van der Waals surface area (Å²) in [6.07, 6.45) is 5.25. The van der Waals surface area contributed by atoms with Crippen molar-refractivity contribution in [2.24, 2.45) is 18.0 Å². The van der Waals surface area contributed by atoms with Crippen LogP contribution in [-0.4, -0.2) is 39.9 Å². The third-order valence-corrected chi connectivity index (χ3v) is 5.28. The summed E-state index contributed by atoms with van der Waals surface area (Å²) in [4.78, 5) is 9.06. The summed E-state index contributed by atoms with van der Waals surface area (Å²) >= 11 is 0. The van der Waals surface area contributed by atoms with E-state index in [0.717, 1.165) is 42.7 Å². The topological polar surface area (TPSA) is 76.4 Å². The van der Waals surface area contributed by atoms with Gasteiger partial charge in [-0.25, -0.2) is 9.98 Å². The highest BCUT2D eigenvalue weighted by Crippen LogP contribution is 2.29. The summed E-state index contributed by atoms with van der Waals surface area (Å²) in [5, 5.41) is 11.4. The maximum absolute atomic E-state index is 5.78. The van der Waals surface area contributed by atoms with Crippen LogP contribution in [0.1, 0.15) is 49.2 Å². The van der Waals surface area contributed by atoms with Gasteiger partial charge >= 0.3 is 0 Å². The van der Waals surface area contributed by atoms with Crippen LogP contribution >= 0.6 is 24.0 Å². The zero-order valence-corrected chi connectivity index (χ0v) is 21.1. The number of ether oxygens (including phenoxy) is 1. The molecule has 2 aromatic heterocycles. The number of guanidine groups is 1. The SMILES string of the molecule is CCNC(=NCc1ccnc(OCC2CC2)c1)NC(C)Cc1c(C)nn(C)c1C.I. The second-order valence-electron chi connectivity index (χ2n) is 7.97. The van der Waals surface area contributed by atoms with Crippen LogP contribution in [0.25, 0.3) is 0 Å². The highest BCUT2D eigenvalue weighted by Gasteiger charge is 2.22. The van der Waals surface area contributed by atoms with Crippen molar-refractivity contribution in [3.63, 3.8) is 0 Å². The first-order chi connectivity index (χ1) is 14.0. The first-order valence-electron chi connectivity index (χ1n) is 10.6. The molecule has 0 aromatic carbocycles. The molecule has 0 radical (unpaired) electrons. The molecule has 3 rings (SSSR count). The minimum absolute atomic E-state index is 0. The molecule has 1 unspecified atom stereocenters. The Hall–Kier alpha value is -1.84. The fourth-order valence-corrected chi connectivity index (χ4v) is 3.31. The number of nitrogens with zero attached hydrogens (tertiary/aromatic N) is 4. The van der Waals surface area contributed by atoms with Gasteiger partial charge in [0.05, 0.1) is 18.8 Å². The van der Waals surface area contributed by atoms with E-state index in [1.807, 2.05) is 23.9 Å². The number of aryl methyl sites for hydroxylation is 2. The Morgan fingerprint density at radius 1 is 1.37 bits per heavy atom. The largest absolute Gasteiger partial charge is 0.477 e. The van der Waals surface area contributed by atoms with Gasteiger partial charge in [0.15, 0.2) is 5.96 Å². The van der Waals surface area contributed by atoms with Gasteiger partial charge in [0.1, 0.15) is 0 Å². The van der Waals surface area contributed by atoms with Gasteiger partial charge in [-0.05, 0) is 70.1 Å². The fraction of sp³-hybridized carbons (Fsp3) is 0.591. The van der Waals surface area contributed by atoms with Crippen molar-refractivity contribution >= 4 is 29.9 Å². The second-order valence-corrected chi connectivity index (χ2v) is 7.97. The summed E-state index contributed by atoms with van der Waals surface area (Å²) in [6.45, 7) is 10.6. The second kappa shape index (κ2) is 11.5. The van der Waals surface area contributed by atoms with Crippen LogP contribution < -0.4 is 15.4 Å². The normalized spacial score (nSPS) is 14.8. The van der Waals surface area contributed by atoms with Crippen molar-refractivity contribution in [1.82, 2.24) is 25.4 Å². The first kappa shape index (κ1) is 24.4. The molecule has 0 bridgehead atoms. The Morgan fingerprint density at radius 2 is 2.13 bits per heavy atom. The average Bonchev–Trinajstić information content (AvgIpc) is 3.49. The lowest BCUT2D eigenvalue weighted by Crippen LogP contribution is -2.43. The van der Waals surface area contributed by atoms with Crippen molar-refractivity contribution < 1.29 is 4.74 Å². The van der Waals surface area contributed by atoms with E-state index in [4.69, 9.17) is 9.73 Å². The number of aromatic nitrogens is 3. The van der Waals surface area contributed by atoms with Crippen LogP contribution in [-0.2, 0) is 20.0 Å². The van der Waals surface area contributed by atoms with Crippen LogP contribution in [0.4, 0.5) is 0 Å². The molecule has 0 spiro atoms. The standard InChI is InChI=1S/C22H34N6O.HI/c1-6-23-22(26-15(2)11-20-16(3)27-28(5)17(20)4)25-13-19-9-10-24-21(12-19)29-14-18-7-8-18;/h9-10,12,15,18H,6-8,11,13-14H2,1-5H3,(H2,23,25,26);1H. The minimum Gasteiger partial charge on any atom is -0.477 e. The highest BCUT2D eigenvalue weighted by molar-refractivity contribution is 14.0. The lowest BCUT2D eigenvalue weighted by Gasteiger charge is -2.18. The van der Waals surface area contributed by atoms with Crippen molar-refractivity contribution in [3.05, 3.63) is 40.8 Å². The van der Waals surface area contributed by atoms with E-state index in [0.29, 0.717) is 12.4 Å². The molecule has 0 amide bonds. The molecule has 1 aliphatic rings. The number of hydrogen-bond donors (Lipinski definition) is 2. The number of nitrogens with one attached hydrogen (secondary N) is 2. The third kappa shape index (κ3) is 7.14. The van der Waals surface area contributed by atoms with E-state index in [-0.39, 0.29) is 30.0 Å². The lowest BCUT2D eigenvalue weighted by molar-refractivity contribution is 0.288. The van der Waals surface area contributed by atoms with E-state index < -0.39 is 0 Å². The first-order valence-corrected chi connectivity index (χ1v) is 10.6. The molecule has 30 heavy (non-hydrogen) atoms. The smallest absolute Gasteiger partial charge is 0.213 e. The monoisotopic (exact) mass is 526 g/mol.